The molecule has 0 atom stereocenters. The number of carbonyl (C=O) groups excluding carboxylic acids is 1. The van der Waals surface area contributed by atoms with Crippen LogP contribution in [0.3, 0.4) is 0 Å². The van der Waals surface area contributed by atoms with E-state index in [1.54, 1.807) is 6.07 Å². The smallest absolute Gasteiger partial charge is 0.374 e. The SMILES string of the molecule is COC(=O)c1ccc(S(=O)(=O)N2CCC(Nc3ccccc3Cl)CC2)o1. The van der Waals surface area contributed by atoms with Gasteiger partial charge in [-0.25, -0.2) is 13.2 Å². The first-order valence-corrected chi connectivity index (χ1v) is 9.93. The number of hydrogen-bond donors (Lipinski definition) is 1. The van der Waals surface area contributed by atoms with E-state index in [9.17, 15) is 13.2 Å². The maximum absolute atomic E-state index is 12.7. The molecule has 0 saturated carbocycles. The number of hydrogen-bond acceptors (Lipinski definition) is 6. The van der Waals surface area contributed by atoms with Crippen molar-refractivity contribution in [2.24, 2.45) is 0 Å². The Bertz CT molecular complexity index is 888. The summed E-state index contributed by atoms with van der Waals surface area (Å²) >= 11 is 6.15. The maximum Gasteiger partial charge on any atom is 0.374 e. The number of halogens is 1. The largest absolute Gasteiger partial charge is 0.463 e. The van der Waals surface area contributed by atoms with Crippen LogP contribution < -0.4 is 5.32 Å². The van der Waals surface area contributed by atoms with E-state index in [0.717, 1.165) is 5.69 Å². The molecule has 1 aromatic heterocycles. The molecule has 1 aliphatic rings. The van der Waals surface area contributed by atoms with E-state index < -0.39 is 16.0 Å². The molecule has 0 radical (unpaired) electrons. The number of sulfonamides is 1. The predicted molar refractivity (Wildman–Crippen MR) is 96.9 cm³/mol. The third-order valence-corrected chi connectivity index (χ3v) is 6.35. The fraction of sp³-hybridized carbons (Fsp3) is 0.353. The average molecular weight is 399 g/mol. The van der Waals surface area contributed by atoms with Crippen LogP contribution in [-0.2, 0) is 14.8 Å². The Balaban J connectivity index is 1.64. The highest BCUT2D eigenvalue weighted by molar-refractivity contribution is 7.89. The van der Waals surface area contributed by atoms with Gasteiger partial charge in [-0.1, -0.05) is 23.7 Å². The van der Waals surface area contributed by atoms with Crippen LogP contribution in [0.15, 0.2) is 45.9 Å². The quantitative estimate of drug-likeness (QED) is 0.779. The Morgan fingerprint density at radius 1 is 1.23 bits per heavy atom. The van der Waals surface area contributed by atoms with Gasteiger partial charge in [0.05, 0.1) is 17.8 Å². The third-order valence-electron chi connectivity index (χ3n) is 4.25. The first-order chi connectivity index (χ1) is 12.4. The monoisotopic (exact) mass is 398 g/mol. The lowest BCUT2D eigenvalue weighted by atomic mass is 10.1. The van der Waals surface area contributed by atoms with Crippen molar-refractivity contribution in [3.63, 3.8) is 0 Å². The Labute approximate surface area is 156 Å². The van der Waals surface area contributed by atoms with Gasteiger partial charge in [-0.15, -0.1) is 0 Å². The second-order valence-electron chi connectivity index (χ2n) is 5.91. The Morgan fingerprint density at radius 2 is 1.92 bits per heavy atom. The molecule has 2 aromatic rings. The molecule has 0 unspecified atom stereocenters. The number of benzene rings is 1. The first-order valence-electron chi connectivity index (χ1n) is 8.11. The van der Waals surface area contributed by atoms with Gasteiger partial charge in [0, 0.05) is 19.1 Å². The van der Waals surface area contributed by atoms with Crippen molar-refractivity contribution >= 4 is 33.3 Å². The van der Waals surface area contributed by atoms with Gasteiger partial charge in [0.25, 0.3) is 10.0 Å². The van der Waals surface area contributed by atoms with E-state index in [4.69, 9.17) is 16.0 Å². The van der Waals surface area contributed by atoms with Crippen LogP contribution in [0.1, 0.15) is 23.4 Å². The number of ether oxygens (including phenoxy) is 1. The van der Waals surface area contributed by atoms with E-state index >= 15 is 0 Å². The second-order valence-corrected chi connectivity index (χ2v) is 8.19. The van der Waals surface area contributed by atoms with Crippen LogP contribution in [0, 0.1) is 0 Å². The fourth-order valence-electron chi connectivity index (χ4n) is 2.83. The number of esters is 1. The second kappa shape index (κ2) is 7.69. The van der Waals surface area contributed by atoms with Crippen LogP contribution in [0.4, 0.5) is 5.69 Å². The van der Waals surface area contributed by atoms with Crippen LogP contribution in [-0.4, -0.2) is 44.9 Å². The summed E-state index contributed by atoms with van der Waals surface area (Å²) in [6.07, 6.45) is 1.27. The summed E-state index contributed by atoms with van der Waals surface area (Å²) in [6.45, 7) is 0.692. The van der Waals surface area contributed by atoms with Crippen molar-refractivity contribution < 1.29 is 22.4 Å². The molecular weight excluding hydrogens is 380 g/mol. The van der Waals surface area contributed by atoms with Gasteiger partial charge in [0.2, 0.25) is 10.9 Å². The van der Waals surface area contributed by atoms with E-state index in [-0.39, 0.29) is 16.9 Å². The molecule has 0 bridgehead atoms. The Morgan fingerprint density at radius 3 is 2.58 bits per heavy atom. The molecule has 3 rings (SSSR count). The average Bonchev–Trinajstić information content (AvgIpc) is 3.14. The highest BCUT2D eigenvalue weighted by atomic mass is 35.5. The minimum atomic E-state index is -3.78. The van der Waals surface area contributed by atoms with Crippen molar-refractivity contribution in [3.8, 4) is 0 Å². The number of piperidine rings is 1. The summed E-state index contributed by atoms with van der Waals surface area (Å²) in [5.41, 5.74) is 0.837. The summed E-state index contributed by atoms with van der Waals surface area (Å²) in [6, 6.07) is 10.1. The molecule has 0 aliphatic carbocycles. The molecule has 1 aliphatic heterocycles. The van der Waals surface area contributed by atoms with Crippen LogP contribution in [0.25, 0.3) is 0 Å². The van der Waals surface area contributed by atoms with Crippen molar-refractivity contribution in [1.29, 1.82) is 0 Å². The molecule has 2 heterocycles. The number of rotatable bonds is 5. The zero-order valence-corrected chi connectivity index (χ0v) is 15.7. The topological polar surface area (TPSA) is 88.9 Å². The summed E-state index contributed by atoms with van der Waals surface area (Å²) < 4.78 is 36.4. The standard InChI is InChI=1S/C17H19ClN2O5S/c1-24-17(21)15-6-7-16(25-15)26(22,23)20-10-8-12(9-11-20)19-14-5-3-2-4-13(14)18/h2-7,12,19H,8-11H2,1H3. The predicted octanol–water partition coefficient (Wildman–Crippen LogP) is 2.98. The molecule has 7 nitrogen and oxygen atoms in total. The number of carbonyl (C=O) groups is 1. The van der Waals surface area contributed by atoms with Crippen molar-refractivity contribution in [2.45, 2.75) is 24.0 Å². The Hall–Kier alpha value is -2.03. The molecule has 0 spiro atoms. The van der Waals surface area contributed by atoms with Crippen LogP contribution in [0.2, 0.25) is 5.02 Å². The third kappa shape index (κ3) is 3.87. The number of methoxy groups -OCH3 is 1. The molecule has 1 saturated heterocycles. The minimum Gasteiger partial charge on any atom is -0.463 e. The van der Waals surface area contributed by atoms with Crippen LogP contribution in [0.5, 0.6) is 0 Å². The van der Waals surface area contributed by atoms with Gasteiger partial charge in [-0.3, -0.25) is 0 Å². The zero-order chi connectivity index (χ0) is 18.7. The Kier molecular flexibility index (Phi) is 5.55. The summed E-state index contributed by atoms with van der Waals surface area (Å²) in [5, 5.41) is 3.73. The number of nitrogens with one attached hydrogen (secondary N) is 1. The summed E-state index contributed by atoms with van der Waals surface area (Å²) in [7, 11) is -2.58. The molecule has 1 fully saturated rings. The fourth-order valence-corrected chi connectivity index (χ4v) is 4.41. The van der Waals surface area contributed by atoms with Gasteiger partial charge in [0.1, 0.15) is 0 Å². The van der Waals surface area contributed by atoms with Crippen molar-refractivity contribution in [1.82, 2.24) is 4.31 Å². The van der Waals surface area contributed by atoms with Crippen LogP contribution >= 0.6 is 11.6 Å². The molecule has 1 aromatic carbocycles. The lowest BCUT2D eigenvalue weighted by Crippen LogP contribution is -2.42. The number of nitrogens with zero attached hydrogens (tertiary/aromatic N) is 1. The highest BCUT2D eigenvalue weighted by Crippen LogP contribution is 2.26. The lowest BCUT2D eigenvalue weighted by Gasteiger charge is -2.31. The van der Waals surface area contributed by atoms with E-state index in [0.29, 0.717) is 31.0 Å². The molecule has 140 valence electrons. The van der Waals surface area contributed by atoms with Gasteiger partial charge in [-0.05, 0) is 37.1 Å². The van der Waals surface area contributed by atoms with Gasteiger partial charge in [0.15, 0.2) is 0 Å². The summed E-state index contributed by atoms with van der Waals surface area (Å²) in [4.78, 5) is 11.4. The zero-order valence-electron chi connectivity index (χ0n) is 14.1. The maximum atomic E-state index is 12.7. The van der Waals surface area contributed by atoms with Gasteiger partial charge in [-0.2, -0.15) is 4.31 Å². The molecular formula is C17H19ClN2O5S. The van der Waals surface area contributed by atoms with E-state index in [2.05, 4.69) is 10.1 Å². The number of anilines is 1. The van der Waals surface area contributed by atoms with Gasteiger partial charge < -0.3 is 14.5 Å². The molecule has 9 heteroatoms. The molecule has 26 heavy (non-hydrogen) atoms. The van der Waals surface area contributed by atoms with Gasteiger partial charge >= 0.3 is 5.97 Å². The van der Waals surface area contributed by atoms with E-state index in [1.165, 1.54) is 23.5 Å². The number of furan rings is 1. The first kappa shape index (κ1) is 18.8. The molecule has 0 amide bonds. The highest BCUT2D eigenvalue weighted by Gasteiger charge is 2.32. The minimum absolute atomic E-state index is 0.128. The van der Waals surface area contributed by atoms with Crippen molar-refractivity contribution in [2.75, 3.05) is 25.5 Å². The molecule has 1 N–H and O–H groups in total. The normalized spacial score (nSPS) is 16.4. The number of para-hydroxylation sites is 1. The summed E-state index contributed by atoms with van der Waals surface area (Å²) in [5.74, 6) is -0.851. The van der Waals surface area contributed by atoms with E-state index in [1.807, 2.05) is 18.2 Å². The van der Waals surface area contributed by atoms with Crippen molar-refractivity contribution in [3.05, 3.63) is 47.2 Å². The lowest BCUT2D eigenvalue weighted by molar-refractivity contribution is 0.0558.